The van der Waals surface area contributed by atoms with Crippen molar-refractivity contribution in [3.8, 4) is 10.4 Å². The number of rotatable bonds is 7. The van der Waals surface area contributed by atoms with E-state index in [0.29, 0.717) is 18.4 Å². The van der Waals surface area contributed by atoms with E-state index < -0.39 is 0 Å². The molecule has 30 heavy (non-hydrogen) atoms. The summed E-state index contributed by atoms with van der Waals surface area (Å²) in [4.78, 5) is 17.1. The number of thiophene rings is 1. The van der Waals surface area contributed by atoms with Crippen molar-refractivity contribution in [2.24, 2.45) is 5.73 Å². The van der Waals surface area contributed by atoms with Crippen molar-refractivity contribution in [2.75, 3.05) is 37.6 Å². The van der Waals surface area contributed by atoms with E-state index in [1.54, 1.807) is 11.3 Å². The van der Waals surface area contributed by atoms with Crippen LogP contribution in [0.25, 0.3) is 10.4 Å². The van der Waals surface area contributed by atoms with E-state index in [0.717, 1.165) is 35.9 Å². The molecule has 2 aromatic heterocycles. The lowest BCUT2D eigenvalue weighted by atomic mass is 10.1. The van der Waals surface area contributed by atoms with Crippen molar-refractivity contribution in [3.05, 3.63) is 70.0 Å². The molecule has 9 heteroatoms. The minimum absolute atomic E-state index is 0.0527. The zero-order valence-electron chi connectivity index (χ0n) is 16.6. The molecule has 0 unspecified atom stereocenters. The third kappa shape index (κ3) is 4.53. The Labute approximate surface area is 178 Å². The van der Waals surface area contributed by atoms with Gasteiger partial charge in [-0.25, -0.2) is 13.9 Å². The number of hydrogen-bond acceptors (Lipinski definition) is 6. The van der Waals surface area contributed by atoms with Gasteiger partial charge in [-0.3, -0.25) is 4.57 Å². The Morgan fingerprint density at radius 1 is 1.27 bits per heavy atom. The summed E-state index contributed by atoms with van der Waals surface area (Å²) in [7, 11) is 0. The molecule has 1 aliphatic heterocycles. The first kappa shape index (κ1) is 20.5. The topological polar surface area (TPSA) is 81.1 Å². The number of anilines is 1. The highest BCUT2D eigenvalue weighted by Crippen LogP contribution is 2.31. The molecule has 0 radical (unpaired) electrons. The van der Waals surface area contributed by atoms with Crippen LogP contribution in [0.3, 0.4) is 0 Å². The Kier molecular flexibility index (Phi) is 6.41. The van der Waals surface area contributed by atoms with E-state index in [9.17, 15) is 9.18 Å². The molecule has 0 spiro atoms. The number of nitrogens with two attached hydrogens (primary N) is 1. The van der Waals surface area contributed by atoms with E-state index in [1.807, 2.05) is 6.07 Å². The molecule has 1 fully saturated rings. The average molecular weight is 429 g/mol. The second kappa shape index (κ2) is 9.38. The molecule has 0 bridgehead atoms. The van der Waals surface area contributed by atoms with Gasteiger partial charge < -0.3 is 16.0 Å². The van der Waals surface area contributed by atoms with E-state index in [1.165, 1.54) is 26.8 Å². The molecule has 0 atom stereocenters. The predicted molar refractivity (Wildman–Crippen MR) is 119 cm³/mol. The van der Waals surface area contributed by atoms with Crippen LogP contribution in [0.1, 0.15) is 4.88 Å². The van der Waals surface area contributed by atoms with Crippen molar-refractivity contribution in [2.45, 2.75) is 13.1 Å². The van der Waals surface area contributed by atoms with Gasteiger partial charge in [0.1, 0.15) is 6.33 Å². The highest BCUT2D eigenvalue weighted by molar-refractivity contribution is 7.15. The number of piperazine rings is 1. The fourth-order valence-electron chi connectivity index (χ4n) is 3.49. The van der Waals surface area contributed by atoms with Crippen molar-refractivity contribution in [3.63, 3.8) is 0 Å². The summed E-state index contributed by atoms with van der Waals surface area (Å²) >= 11 is 1.66. The molecule has 7 nitrogen and oxygen atoms in total. The first-order chi connectivity index (χ1) is 14.7. The van der Waals surface area contributed by atoms with Crippen molar-refractivity contribution in [1.29, 1.82) is 0 Å². The van der Waals surface area contributed by atoms with E-state index in [4.69, 9.17) is 5.73 Å². The van der Waals surface area contributed by atoms with Gasteiger partial charge in [-0.1, -0.05) is 12.1 Å². The minimum Gasteiger partial charge on any atom is -0.369 e. The molecule has 1 aliphatic rings. The van der Waals surface area contributed by atoms with Crippen molar-refractivity contribution < 1.29 is 4.39 Å². The van der Waals surface area contributed by atoms with E-state index in [2.05, 4.69) is 45.6 Å². The van der Waals surface area contributed by atoms with Gasteiger partial charge >= 0.3 is 5.69 Å². The summed E-state index contributed by atoms with van der Waals surface area (Å²) in [6, 6.07) is 12.7. The molecule has 0 amide bonds. The molecular weight excluding hydrogens is 403 g/mol. The normalized spacial score (nSPS) is 15.0. The van der Waals surface area contributed by atoms with Gasteiger partial charge in [-0.05, 0) is 35.4 Å². The number of halogens is 1. The summed E-state index contributed by atoms with van der Waals surface area (Å²) < 4.78 is 15.5. The Balaban J connectivity index is 1.49. The standard InChI is InChI=1S/C21H25FN6OS/c22-11-16(12-23)13-28-21(29)27(15-25-28)14-19-4-5-20(30-19)17-2-1-3-18(10-17)26-8-6-24-7-9-26/h1-5,10-11,15,24H,6-9,12-14,23H2/b16-11+. The largest absolute Gasteiger partial charge is 0.369 e. The second-order valence-electron chi connectivity index (χ2n) is 7.22. The molecule has 0 aliphatic carbocycles. The van der Waals surface area contributed by atoms with E-state index >= 15 is 0 Å². The van der Waals surface area contributed by atoms with Gasteiger partial charge in [0.15, 0.2) is 0 Å². The maximum Gasteiger partial charge on any atom is 0.346 e. The van der Waals surface area contributed by atoms with Crippen LogP contribution in [0.5, 0.6) is 0 Å². The monoisotopic (exact) mass is 428 g/mol. The average Bonchev–Trinajstić information content (AvgIpc) is 3.40. The Hall–Kier alpha value is -2.75. The van der Waals surface area contributed by atoms with E-state index in [-0.39, 0.29) is 18.8 Å². The number of benzene rings is 1. The molecular formula is C21H25FN6OS. The van der Waals surface area contributed by atoms with Gasteiger partial charge in [0.05, 0.1) is 19.4 Å². The third-order valence-corrected chi connectivity index (χ3v) is 6.29. The number of aromatic nitrogens is 3. The lowest BCUT2D eigenvalue weighted by Gasteiger charge is -2.29. The fraction of sp³-hybridized carbons (Fsp3) is 0.333. The quantitative estimate of drug-likeness (QED) is 0.602. The van der Waals surface area contributed by atoms with Crippen LogP contribution < -0.4 is 21.6 Å². The maximum atomic E-state index is 12.7. The van der Waals surface area contributed by atoms with Gasteiger partial charge in [0.2, 0.25) is 0 Å². The molecule has 3 N–H and O–H groups in total. The van der Waals surface area contributed by atoms with Gasteiger partial charge in [-0.15, -0.1) is 11.3 Å². The van der Waals surface area contributed by atoms with Crippen LogP contribution in [-0.4, -0.2) is 47.1 Å². The molecule has 3 aromatic rings. The van der Waals surface area contributed by atoms with Crippen molar-refractivity contribution in [1.82, 2.24) is 19.7 Å². The zero-order valence-corrected chi connectivity index (χ0v) is 17.4. The number of nitrogens with zero attached hydrogens (tertiary/aromatic N) is 4. The predicted octanol–water partition coefficient (Wildman–Crippen LogP) is 2.04. The number of nitrogens with one attached hydrogen (secondary N) is 1. The molecule has 0 saturated carbocycles. The summed E-state index contributed by atoms with van der Waals surface area (Å²) in [5.41, 5.74) is 7.92. The lowest BCUT2D eigenvalue weighted by molar-refractivity contribution is 0.589. The minimum atomic E-state index is -0.279. The van der Waals surface area contributed by atoms with Gasteiger partial charge in [0.25, 0.3) is 0 Å². The van der Waals surface area contributed by atoms with Gasteiger partial charge in [-0.2, -0.15) is 5.10 Å². The Bertz CT molecular complexity index is 1080. The first-order valence-electron chi connectivity index (χ1n) is 9.93. The Morgan fingerprint density at radius 3 is 2.87 bits per heavy atom. The van der Waals surface area contributed by atoms with Crippen LogP contribution in [0.15, 0.2) is 59.4 Å². The van der Waals surface area contributed by atoms with Gasteiger partial charge in [0, 0.05) is 48.2 Å². The van der Waals surface area contributed by atoms with Crippen LogP contribution >= 0.6 is 11.3 Å². The second-order valence-corrected chi connectivity index (χ2v) is 8.39. The van der Waals surface area contributed by atoms with Crippen LogP contribution in [-0.2, 0) is 13.1 Å². The van der Waals surface area contributed by atoms with Crippen LogP contribution in [0.4, 0.5) is 10.1 Å². The third-order valence-electron chi connectivity index (χ3n) is 5.17. The zero-order chi connectivity index (χ0) is 20.9. The summed E-state index contributed by atoms with van der Waals surface area (Å²) in [5, 5.41) is 7.45. The summed E-state index contributed by atoms with van der Waals surface area (Å²) in [5.74, 6) is 0. The molecule has 158 valence electrons. The molecule has 1 saturated heterocycles. The fourth-order valence-corrected chi connectivity index (χ4v) is 4.49. The highest BCUT2D eigenvalue weighted by atomic mass is 32.1. The Morgan fingerprint density at radius 2 is 2.10 bits per heavy atom. The maximum absolute atomic E-state index is 12.7. The number of hydrogen-bond donors (Lipinski definition) is 2. The van der Waals surface area contributed by atoms with Crippen LogP contribution in [0, 0.1) is 0 Å². The highest BCUT2D eigenvalue weighted by Gasteiger charge is 2.13. The van der Waals surface area contributed by atoms with Crippen LogP contribution in [0.2, 0.25) is 0 Å². The summed E-state index contributed by atoms with van der Waals surface area (Å²) in [6.07, 6.45) is 1.92. The smallest absolute Gasteiger partial charge is 0.346 e. The van der Waals surface area contributed by atoms with Crippen molar-refractivity contribution >= 4 is 17.0 Å². The first-order valence-corrected chi connectivity index (χ1v) is 10.7. The molecule has 1 aromatic carbocycles. The lowest BCUT2D eigenvalue weighted by Crippen LogP contribution is -2.43. The molecule has 3 heterocycles. The SMILES string of the molecule is NC/C(=C\F)Cn1ncn(Cc2ccc(-c3cccc(N4CCNCC4)c3)s2)c1=O. The summed E-state index contributed by atoms with van der Waals surface area (Å²) in [6.45, 7) is 4.57. The molecule has 4 rings (SSSR count).